The van der Waals surface area contributed by atoms with E-state index in [0.717, 1.165) is 11.5 Å². The van der Waals surface area contributed by atoms with Gasteiger partial charge in [0.05, 0.1) is 4.70 Å². The molecule has 2 heterocycles. The first kappa shape index (κ1) is 10.9. The van der Waals surface area contributed by atoms with Gasteiger partial charge in [0.25, 0.3) is 0 Å². The lowest BCUT2D eigenvalue weighted by molar-refractivity contribution is 0.175. The van der Waals surface area contributed by atoms with E-state index in [1.165, 1.54) is 26.1 Å². The molecule has 0 fully saturated rings. The van der Waals surface area contributed by atoms with Crippen LogP contribution in [-0.2, 0) is 0 Å². The highest BCUT2D eigenvalue weighted by Gasteiger charge is 2.21. The standard InChI is InChI=1S/C16H12O2S/c1-10-12-7-8-13-14(18-9-17-13)16(12)19-15(10)11-5-3-2-4-6-11/h2-8H,9H2,1H3. The summed E-state index contributed by atoms with van der Waals surface area (Å²) in [6.45, 7) is 2.50. The van der Waals surface area contributed by atoms with Crippen LogP contribution in [-0.4, -0.2) is 6.79 Å². The van der Waals surface area contributed by atoms with Gasteiger partial charge in [-0.3, -0.25) is 0 Å². The van der Waals surface area contributed by atoms with Gasteiger partial charge in [0, 0.05) is 10.3 Å². The quantitative estimate of drug-likeness (QED) is 0.642. The lowest BCUT2D eigenvalue weighted by atomic mass is 10.1. The summed E-state index contributed by atoms with van der Waals surface area (Å²) < 4.78 is 12.2. The summed E-state index contributed by atoms with van der Waals surface area (Å²) in [6.07, 6.45) is 0. The maximum absolute atomic E-state index is 5.60. The molecule has 0 unspecified atom stereocenters. The fourth-order valence-electron chi connectivity index (χ4n) is 2.51. The van der Waals surface area contributed by atoms with Crippen LogP contribution in [0.3, 0.4) is 0 Å². The van der Waals surface area contributed by atoms with Crippen molar-refractivity contribution in [1.82, 2.24) is 0 Å². The maximum atomic E-state index is 5.60. The van der Waals surface area contributed by atoms with Crippen molar-refractivity contribution in [3.8, 4) is 21.9 Å². The van der Waals surface area contributed by atoms with Crippen molar-refractivity contribution in [2.75, 3.05) is 6.79 Å². The summed E-state index contributed by atoms with van der Waals surface area (Å²) in [5.74, 6) is 1.75. The Morgan fingerprint density at radius 1 is 1.00 bits per heavy atom. The van der Waals surface area contributed by atoms with Gasteiger partial charge in [-0.15, -0.1) is 11.3 Å². The van der Waals surface area contributed by atoms with E-state index in [1.54, 1.807) is 11.3 Å². The first-order valence-corrected chi connectivity index (χ1v) is 7.03. The number of aryl methyl sites for hydroxylation is 1. The Labute approximate surface area is 115 Å². The van der Waals surface area contributed by atoms with Crippen LogP contribution < -0.4 is 9.47 Å². The number of hydrogen-bond acceptors (Lipinski definition) is 3. The van der Waals surface area contributed by atoms with Crippen molar-refractivity contribution < 1.29 is 9.47 Å². The van der Waals surface area contributed by atoms with E-state index >= 15 is 0 Å². The zero-order chi connectivity index (χ0) is 12.8. The van der Waals surface area contributed by atoms with Gasteiger partial charge in [-0.25, -0.2) is 0 Å². The Morgan fingerprint density at radius 3 is 2.68 bits per heavy atom. The molecule has 0 saturated carbocycles. The fourth-order valence-corrected chi connectivity index (χ4v) is 3.81. The maximum Gasteiger partial charge on any atom is 0.231 e. The molecule has 2 aromatic carbocycles. The molecule has 3 heteroatoms. The van der Waals surface area contributed by atoms with E-state index in [-0.39, 0.29) is 0 Å². The molecule has 2 nitrogen and oxygen atoms in total. The summed E-state index contributed by atoms with van der Waals surface area (Å²) >= 11 is 1.78. The van der Waals surface area contributed by atoms with E-state index in [2.05, 4.69) is 37.3 Å². The minimum atomic E-state index is 0.325. The van der Waals surface area contributed by atoms with Crippen LogP contribution in [0.1, 0.15) is 5.56 Å². The van der Waals surface area contributed by atoms with Gasteiger partial charge in [-0.05, 0) is 30.2 Å². The van der Waals surface area contributed by atoms with Gasteiger partial charge in [-0.2, -0.15) is 0 Å². The molecule has 1 aliphatic rings. The summed E-state index contributed by atoms with van der Waals surface area (Å²) in [4.78, 5) is 1.31. The number of rotatable bonds is 1. The van der Waals surface area contributed by atoms with Crippen LogP contribution in [0, 0.1) is 6.92 Å². The van der Waals surface area contributed by atoms with Crippen molar-refractivity contribution >= 4 is 21.4 Å². The predicted octanol–water partition coefficient (Wildman–Crippen LogP) is 4.61. The number of benzene rings is 2. The number of fused-ring (bicyclic) bond motifs is 3. The second-order valence-corrected chi connectivity index (χ2v) is 5.62. The molecule has 0 bridgehead atoms. The minimum absolute atomic E-state index is 0.325. The average Bonchev–Trinajstić information content (AvgIpc) is 3.04. The average molecular weight is 268 g/mol. The number of hydrogen-bond donors (Lipinski definition) is 0. The van der Waals surface area contributed by atoms with Crippen molar-refractivity contribution in [1.29, 1.82) is 0 Å². The van der Waals surface area contributed by atoms with Crippen LogP contribution in [0.2, 0.25) is 0 Å². The van der Waals surface area contributed by atoms with E-state index in [9.17, 15) is 0 Å². The molecule has 4 rings (SSSR count). The lowest BCUT2D eigenvalue weighted by Gasteiger charge is -1.98. The lowest BCUT2D eigenvalue weighted by Crippen LogP contribution is -1.92. The third kappa shape index (κ3) is 1.55. The fraction of sp³-hybridized carbons (Fsp3) is 0.125. The first-order chi connectivity index (χ1) is 9.34. The van der Waals surface area contributed by atoms with Crippen molar-refractivity contribution in [3.05, 3.63) is 48.0 Å². The highest BCUT2D eigenvalue weighted by molar-refractivity contribution is 7.23. The SMILES string of the molecule is Cc1c(-c2ccccc2)sc2c3c(ccc12)OCO3. The highest BCUT2D eigenvalue weighted by atomic mass is 32.1. The van der Waals surface area contributed by atoms with Crippen LogP contribution >= 0.6 is 11.3 Å². The van der Waals surface area contributed by atoms with E-state index in [1.807, 2.05) is 12.1 Å². The van der Waals surface area contributed by atoms with E-state index in [4.69, 9.17) is 9.47 Å². The number of thiophene rings is 1. The Bertz CT molecular complexity index is 759. The zero-order valence-electron chi connectivity index (χ0n) is 10.5. The van der Waals surface area contributed by atoms with Crippen LogP contribution in [0.5, 0.6) is 11.5 Å². The molecular formula is C16H12O2S. The molecule has 0 amide bonds. The predicted molar refractivity (Wildman–Crippen MR) is 78.1 cm³/mol. The summed E-state index contributed by atoms with van der Waals surface area (Å²) in [5.41, 5.74) is 2.57. The van der Waals surface area contributed by atoms with Gasteiger partial charge in [-0.1, -0.05) is 30.3 Å². The first-order valence-electron chi connectivity index (χ1n) is 6.22. The Hall–Kier alpha value is -2.00. The van der Waals surface area contributed by atoms with E-state index in [0.29, 0.717) is 6.79 Å². The molecule has 1 aliphatic heterocycles. The zero-order valence-corrected chi connectivity index (χ0v) is 11.3. The Kier molecular flexibility index (Phi) is 2.29. The summed E-state index contributed by atoms with van der Waals surface area (Å²) in [6, 6.07) is 14.6. The second kappa shape index (κ2) is 4.00. The molecule has 0 aliphatic carbocycles. The highest BCUT2D eigenvalue weighted by Crippen LogP contribution is 2.47. The molecule has 0 atom stereocenters. The normalized spacial score (nSPS) is 13.1. The third-order valence-electron chi connectivity index (χ3n) is 3.48. The Balaban J connectivity index is 2.02. The minimum Gasteiger partial charge on any atom is -0.454 e. The second-order valence-electron chi connectivity index (χ2n) is 4.60. The van der Waals surface area contributed by atoms with E-state index < -0.39 is 0 Å². The van der Waals surface area contributed by atoms with Gasteiger partial charge in [0.1, 0.15) is 0 Å². The van der Waals surface area contributed by atoms with Crippen molar-refractivity contribution in [3.63, 3.8) is 0 Å². The van der Waals surface area contributed by atoms with Gasteiger partial charge in [0.2, 0.25) is 6.79 Å². The van der Waals surface area contributed by atoms with Crippen molar-refractivity contribution in [2.24, 2.45) is 0 Å². The Morgan fingerprint density at radius 2 is 1.84 bits per heavy atom. The topological polar surface area (TPSA) is 18.5 Å². The molecule has 0 spiro atoms. The molecule has 3 aromatic rings. The van der Waals surface area contributed by atoms with Crippen LogP contribution in [0.4, 0.5) is 0 Å². The smallest absolute Gasteiger partial charge is 0.231 e. The van der Waals surface area contributed by atoms with Gasteiger partial charge in [0.15, 0.2) is 11.5 Å². The molecule has 1 aromatic heterocycles. The molecule has 94 valence electrons. The molecule has 19 heavy (non-hydrogen) atoms. The summed E-state index contributed by atoms with van der Waals surface area (Å²) in [5, 5.41) is 1.26. The monoisotopic (exact) mass is 268 g/mol. The number of ether oxygens (including phenoxy) is 2. The van der Waals surface area contributed by atoms with Crippen LogP contribution in [0.25, 0.3) is 20.5 Å². The molecular weight excluding hydrogens is 256 g/mol. The molecule has 0 saturated heterocycles. The molecule has 0 N–H and O–H groups in total. The molecule has 0 radical (unpaired) electrons. The largest absolute Gasteiger partial charge is 0.454 e. The summed E-state index contributed by atoms with van der Waals surface area (Å²) in [7, 11) is 0. The van der Waals surface area contributed by atoms with Gasteiger partial charge >= 0.3 is 0 Å². The third-order valence-corrected chi connectivity index (χ3v) is 4.83. The van der Waals surface area contributed by atoms with Crippen LogP contribution in [0.15, 0.2) is 42.5 Å². The van der Waals surface area contributed by atoms with Gasteiger partial charge < -0.3 is 9.47 Å². The van der Waals surface area contributed by atoms with Crippen molar-refractivity contribution in [2.45, 2.75) is 6.92 Å².